The third-order valence-electron chi connectivity index (χ3n) is 2.28. The normalized spacial score (nSPS) is 20.3. The monoisotopic (exact) mass is 241 g/mol. The quantitative estimate of drug-likeness (QED) is 0.486. The number of carbonyl (C=O) groups is 1. The Morgan fingerprint density at radius 2 is 2.06 bits per heavy atom. The zero-order valence-electron chi connectivity index (χ0n) is 8.25. The maximum Gasteiger partial charge on any atom is 0.491 e. The minimum Gasteiger partial charge on any atom is -0.423 e. The summed E-state index contributed by atoms with van der Waals surface area (Å²) >= 11 is 5.84. The summed E-state index contributed by atoms with van der Waals surface area (Å²) in [5, 5.41) is 17.5. The van der Waals surface area contributed by atoms with Crippen molar-refractivity contribution in [3.8, 4) is 0 Å². The van der Waals surface area contributed by atoms with Crippen molar-refractivity contribution in [1.29, 1.82) is 0 Å². The van der Waals surface area contributed by atoms with E-state index in [9.17, 15) is 4.79 Å². The zero-order valence-corrected chi connectivity index (χ0v) is 9.00. The van der Waals surface area contributed by atoms with Gasteiger partial charge in [0.05, 0.1) is 5.38 Å². The minimum absolute atomic E-state index is 0.128. The van der Waals surface area contributed by atoms with Gasteiger partial charge < -0.3 is 10.0 Å². The van der Waals surface area contributed by atoms with Crippen molar-refractivity contribution in [3.63, 3.8) is 0 Å². The lowest BCUT2D eigenvalue weighted by atomic mass is 9.83. The fourth-order valence-electron chi connectivity index (χ4n) is 1.46. The Morgan fingerprint density at radius 1 is 1.44 bits per heavy atom. The van der Waals surface area contributed by atoms with Crippen LogP contribution in [0.2, 0.25) is 0 Å². The van der Waals surface area contributed by atoms with E-state index in [-0.39, 0.29) is 29.1 Å². The molecule has 0 aliphatic carbocycles. The average Bonchev–Trinajstić information content (AvgIpc) is 2.58. The highest BCUT2D eigenvalue weighted by Gasteiger charge is 2.30. The second-order valence-corrected chi connectivity index (χ2v) is 4.11. The molecular formula is C8H9BClN3O3. The summed E-state index contributed by atoms with van der Waals surface area (Å²) in [4.78, 5) is 20.6. The lowest BCUT2D eigenvalue weighted by Crippen LogP contribution is -2.33. The molecule has 1 aromatic heterocycles. The van der Waals surface area contributed by atoms with Gasteiger partial charge in [-0.25, -0.2) is 9.97 Å². The summed E-state index contributed by atoms with van der Waals surface area (Å²) in [7, 11) is -1.61. The first-order valence-electron chi connectivity index (χ1n) is 4.70. The Kier molecular flexibility index (Phi) is 3.09. The van der Waals surface area contributed by atoms with Gasteiger partial charge in [0, 0.05) is 30.8 Å². The molecule has 1 unspecified atom stereocenters. The molecule has 0 bridgehead atoms. The minimum atomic E-state index is -1.61. The Labute approximate surface area is 97.0 Å². The van der Waals surface area contributed by atoms with Crippen LogP contribution in [0.5, 0.6) is 0 Å². The lowest BCUT2D eigenvalue weighted by molar-refractivity contribution is -0.117. The number of anilines is 1. The molecule has 6 nitrogen and oxygen atoms in total. The molecule has 2 N–H and O–H groups in total. The zero-order chi connectivity index (χ0) is 11.7. The first kappa shape index (κ1) is 11.3. The lowest BCUT2D eigenvalue weighted by Gasteiger charge is -2.13. The number of alkyl halides is 1. The first-order valence-corrected chi connectivity index (χ1v) is 5.14. The van der Waals surface area contributed by atoms with E-state index in [2.05, 4.69) is 9.97 Å². The molecule has 1 aromatic rings. The molecule has 1 aliphatic rings. The van der Waals surface area contributed by atoms with Gasteiger partial charge in [-0.2, -0.15) is 0 Å². The highest BCUT2D eigenvalue weighted by Crippen LogP contribution is 2.19. The molecule has 2 heterocycles. The fourth-order valence-corrected chi connectivity index (χ4v) is 1.73. The topological polar surface area (TPSA) is 86.6 Å². The summed E-state index contributed by atoms with van der Waals surface area (Å²) < 4.78 is 0. The second kappa shape index (κ2) is 4.36. The van der Waals surface area contributed by atoms with E-state index >= 15 is 0 Å². The summed E-state index contributed by atoms with van der Waals surface area (Å²) in [6.07, 6.45) is 2.80. The maximum atomic E-state index is 11.5. The number of amides is 1. The van der Waals surface area contributed by atoms with Crippen LogP contribution in [0.25, 0.3) is 0 Å². The summed E-state index contributed by atoms with van der Waals surface area (Å²) in [5.41, 5.74) is 0.179. The summed E-state index contributed by atoms with van der Waals surface area (Å²) in [6.45, 7) is 0.376. The van der Waals surface area contributed by atoms with Crippen molar-refractivity contribution in [2.75, 3.05) is 11.4 Å². The third-order valence-corrected chi connectivity index (χ3v) is 2.57. The fraction of sp³-hybridized carbons (Fsp3) is 0.375. The summed E-state index contributed by atoms with van der Waals surface area (Å²) in [5.74, 6) is 0.106. The smallest absolute Gasteiger partial charge is 0.423 e. The van der Waals surface area contributed by atoms with E-state index < -0.39 is 7.12 Å². The third kappa shape index (κ3) is 2.16. The molecule has 0 aromatic carbocycles. The van der Waals surface area contributed by atoms with Gasteiger partial charge in [0.2, 0.25) is 11.9 Å². The average molecular weight is 241 g/mol. The number of aromatic nitrogens is 2. The highest BCUT2D eigenvalue weighted by atomic mass is 35.5. The van der Waals surface area contributed by atoms with Gasteiger partial charge in [-0.15, -0.1) is 11.6 Å². The SMILES string of the molecule is O=C1CC(Cl)CN1c1ncc(B(O)O)cn1. The highest BCUT2D eigenvalue weighted by molar-refractivity contribution is 6.58. The molecule has 1 aliphatic heterocycles. The number of hydrogen-bond donors (Lipinski definition) is 2. The van der Waals surface area contributed by atoms with Crippen molar-refractivity contribution < 1.29 is 14.8 Å². The van der Waals surface area contributed by atoms with Crippen LogP contribution in [0, 0.1) is 0 Å². The van der Waals surface area contributed by atoms with Crippen molar-refractivity contribution >= 4 is 36.0 Å². The van der Waals surface area contributed by atoms with E-state index in [4.69, 9.17) is 21.6 Å². The molecule has 0 spiro atoms. The first-order chi connectivity index (χ1) is 7.58. The van der Waals surface area contributed by atoms with Crippen molar-refractivity contribution in [3.05, 3.63) is 12.4 Å². The number of hydrogen-bond acceptors (Lipinski definition) is 5. The van der Waals surface area contributed by atoms with Crippen LogP contribution in [-0.4, -0.2) is 45.0 Å². The Hall–Kier alpha value is -1.18. The molecule has 2 rings (SSSR count). The van der Waals surface area contributed by atoms with Crippen LogP contribution >= 0.6 is 11.6 Å². The van der Waals surface area contributed by atoms with Crippen LogP contribution in [0.15, 0.2) is 12.4 Å². The number of halogens is 1. The molecule has 0 saturated carbocycles. The van der Waals surface area contributed by atoms with Gasteiger partial charge >= 0.3 is 7.12 Å². The van der Waals surface area contributed by atoms with Gasteiger partial charge in [-0.1, -0.05) is 0 Å². The Bertz CT molecular complexity index is 400. The van der Waals surface area contributed by atoms with E-state index in [1.165, 1.54) is 17.3 Å². The van der Waals surface area contributed by atoms with Gasteiger partial charge in [0.25, 0.3) is 0 Å². The molecule has 1 atom stereocenters. The molecule has 1 fully saturated rings. The van der Waals surface area contributed by atoms with Crippen LogP contribution in [0.3, 0.4) is 0 Å². The number of carbonyl (C=O) groups excluding carboxylic acids is 1. The van der Waals surface area contributed by atoms with Crippen LogP contribution in [0.4, 0.5) is 5.95 Å². The molecule has 16 heavy (non-hydrogen) atoms. The van der Waals surface area contributed by atoms with Crippen LogP contribution in [0.1, 0.15) is 6.42 Å². The standard InChI is InChI=1S/C8H9BClN3O3/c10-6-1-7(14)13(4-6)8-11-2-5(3-12-8)9(15)16/h2-3,6,15-16H,1,4H2. The summed E-state index contributed by atoms with van der Waals surface area (Å²) in [6, 6.07) is 0. The molecule has 84 valence electrons. The molecule has 1 amide bonds. The van der Waals surface area contributed by atoms with Crippen molar-refractivity contribution in [2.24, 2.45) is 0 Å². The largest absolute Gasteiger partial charge is 0.491 e. The molecule has 8 heteroatoms. The predicted octanol–water partition coefficient (Wildman–Crippen LogP) is -1.50. The van der Waals surface area contributed by atoms with Gasteiger partial charge in [0.15, 0.2) is 0 Å². The van der Waals surface area contributed by atoms with Gasteiger partial charge in [0.1, 0.15) is 0 Å². The number of nitrogens with zero attached hydrogens (tertiary/aromatic N) is 3. The van der Waals surface area contributed by atoms with Gasteiger partial charge in [-0.3, -0.25) is 9.69 Å². The second-order valence-electron chi connectivity index (χ2n) is 3.50. The van der Waals surface area contributed by atoms with E-state index in [0.717, 1.165) is 0 Å². The van der Waals surface area contributed by atoms with Crippen molar-refractivity contribution in [2.45, 2.75) is 11.8 Å². The van der Waals surface area contributed by atoms with Crippen LogP contribution < -0.4 is 10.4 Å². The van der Waals surface area contributed by atoms with Gasteiger partial charge in [-0.05, 0) is 0 Å². The van der Waals surface area contributed by atoms with E-state index in [0.29, 0.717) is 6.54 Å². The van der Waals surface area contributed by atoms with E-state index in [1.54, 1.807) is 0 Å². The number of rotatable bonds is 2. The van der Waals surface area contributed by atoms with E-state index in [1.807, 2.05) is 0 Å². The van der Waals surface area contributed by atoms with Crippen LogP contribution in [-0.2, 0) is 4.79 Å². The molecular weight excluding hydrogens is 232 g/mol. The maximum absolute atomic E-state index is 11.5. The molecule has 1 saturated heterocycles. The van der Waals surface area contributed by atoms with Crippen molar-refractivity contribution in [1.82, 2.24) is 9.97 Å². The predicted molar refractivity (Wildman–Crippen MR) is 58.5 cm³/mol. The Morgan fingerprint density at radius 3 is 2.50 bits per heavy atom. The molecule has 0 radical (unpaired) electrons. The Balaban J connectivity index is 2.19.